The van der Waals surface area contributed by atoms with Gasteiger partial charge in [-0.25, -0.2) is 0 Å². The maximum atomic E-state index is 10.8. The summed E-state index contributed by atoms with van der Waals surface area (Å²) in [5, 5.41) is 0. The third-order valence-electron chi connectivity index (χ3n) is 2.61. The van der Waals surface area contributed by atoms with Gasteiger partial charge in [0.05, 0.1) is 0 Å². The summed E-state index contributed by atoms with van der Waals surface area (Å²) in [5.41, 5.74) is 0. The molecule has 0 spiro atoms. The molecular formula is C12H26O2S2. The first kappa shape index (κ1) is 16.3. The van der Waals surface area contributed by atoms with Gasteiger partial charge in [0, 0.05) is 45.6 Å². The highest BCUT2D eigenvalue weighted by atomic mass is 32.2. The molecule has 0 amide bonds. The van der Waals surface area contributed by atoms with Crippen LogP contribution < -0.4 is 0 Å². The molecule has 0 saturated heterocycles. The lowest BCUT2D eigenvalue weighted by Gasteiger charge is -2.01. The smallest absolute Gasteiger partial charge is 0.0232 e. The van der Waals surface area contributed by atoms with E-state index in [0.717, 1.165) is 24.3 Å². The average molecular weight is 266 g/mol. The number of unbranched alkanes of at least 4 members (excludes halogenated alkanes) is 7. The van der Waals surface area contributed by atoms with Crippen molar-refractivity contribution in [3.8, 4) is 0 Å². The maximum Gasteiger partial charge on any atom is 0.0232 e. The Hall–Kier alpha value is 0.300. The summed E-state index contributed by atoms with van der Waals surface area (Å²) in [6.45, 7) is 0. The van der Waals surface area contributed by atoms with Gasteiger partial charge in [-0.3, -0.25) is 8.42 Å². The van der Waals surface area contributed by atoms with E-state index in [1.807, 2.05) is 0 Å². The van der Waals surface area contributed by atoms with Crippen LogP contribution in [0.25, 0.3) is 0 Å². The summed E-state index contributed by atoms with van der Waals surface area (Å²) in [5.74, 6) is 1.73. The Morgan fingerprint density at radius 2 is 0.812 bits per heavy atom. The Bertz CT molecular complexity index is 183. The SMILES string of the molecule is CS(=O)CCCCCCCCCCS(C)=O. The Balaban J connectivity index is 2.98. The number of hydrogen-bond donors (Lipinski definition) is 0. The van der Waals surface area contributed by atoms with Gasteiger partial charge in [0.1, 0.15) is 0 Å². The lowest BCUT2D eigenvalue weighted by atomic mass is 10.1. The van der Waals surface area contributed by atoms with Crippen LogP contribution in [0.15, 0.2) is 0 Å². The molecule has 0 aliphatic carbocycles. The summed E-state index contributed by atoms with van der Waals surface area (Å²) in [7, 11) is -1.22. The highest BCUT2D eigenvalue weighted by molar-refractivity contribution is 7.84. The van der Waals surface area contributed by atoms with Gasteiger partial charge in [0.15, 0.2) is 0 Å². The predicted molar refractivity (Wildman–Crippen MR) is 74.8 cm³/mol. The van der Waals surface area contributed by atoms with Crippen LogP contribution in [-0.4, -0.2) is 32.4 Å². The van der Waals surface area contributed by atoms with E-state index in [4.69, 9.17) is 0 Å². The molecule has 16 heavy (non-hydrogen) atoms. The molecule has 2 nitrogen and oxygen atoms in total. The molecule has 0 aromatic carbocycles. The first-order valence-corrected chi connectivity index (χ1v) is 9.68. The van der Waals surface area contributed by atoms with Crippen LogP contribution in [0, 0.1) is 0 Å². The van der Waals surface area contributed by atoms with Crippen LogP contribution in [0.4, 0.5) is 0 Å². The van der Waals surface area contributed by atoms with E-state index in [1.165, 1.54) is 38.5 Å². The molecule has 0 heterocycles. The van der Waals surface area contributed by atoms with Gasteiger partial charge < -0.3 is 0 Å². The van der Waals surface area contributed by atoms with E-state index < -0.39 is 21.6 Å². The van der Waals surface area contributed by atoms with Crippen LogP contribution in [0.5, 0.6) is 0 Å². The molecule has 98 valence electrons. The van der Waals surface area contributed by atoms with Crippen molar-refractivity contribution in [2.75, 3.05) is 24.0 Å². The van der Waals surface area contributed by atoms with Crippen molar-refractivity contribution in [3.63, 3.8) is 0 Å². The Labute approximate surface area is 106 Å². The van der Waals surface area contributed by atoms with Crippen molar-refractivity contribution in [2.24, 2.45) is 0 Å². The molecule has 0 aliphatic rings. The second-order valence-corrected chi connectivity index (χ2v) is 7.49. The standard InChI is InChI=1S/C12H26O2S2/c1-15(13)11-9-7-5-3-4-6-8-10-12-16(2)14/h3-12H2,1-2H3. The van der Waals surface area contributed by atoms with Crippen molar-refractivity contribution in [1.29, 1.82) is 0 Å². The van der Waals surface area contributed by atoms with Crippen molar-refractivity contribution < 1.29 is 8.42 Å². The molecule has 0 N–H and O–H groups in total. The van der Waals surface area contributed by atoms with Crippen molar-refractivity contribution in [3.05, 3.63) is 0 Å². The fraction of sp³-hybridized carbons (Fsp3) is 1.00. The van der Waals surface area contributed by atoms with Gasteiger partial charge in [-0.2, -0.15) is 0 Å². The molecule has 0 aromatic rings. The second-order valence-electron chi connectivity index (χ2n) is 4.38. The van der Waals surface area contributed by atoms with Crippen LogP contribution in [0.3, 0.4) is 0 Å². The molecule has 0 radical (unpaired) electrons. The molecule has 0 saturated carbocycles. The molecule has 0 bridgehead atoms. The van der Waals surface area contributed by atoms with Crippen molar-refractivity contribution in [2.45, 2.75) is 51.4 Å². The normalized spacial score (nSPS) is 14.9. The Kier molecular flexibility index (Phi) is 12.0. The summed E-state index contributed by atoms with van der Waals surface area (Å²) >= 11 is 0. The molecule has 0 fully saturated rings. The highest BCUT2D eigenvalue weighted by Gasteiger charge is 1.95. The Morgan fingerprint density at radius 1 is 0.562 bits per heavy atom. The molecule has 0 rings (SSSR count). The minimum atomic E-state index is -0.610. The van der Waals surface area contributed by atoms with E-state index in [1.54, 1.807) is 12.5 Å². The van der Waals surface area contributed by atoms with Crippen LogP contribution in [0.1, 0.15) is 51.4 Å². The molecule has 4 heteroatoms. The molecule has 0 aliphatic heterocycles. The van der Waals surface area contributed by atoms with E-state index in [-0.39, 0.29) is 0 Å². The maximum absolute atomic E-state index is 10.8. The quantitative estimate of drug-likeness (QED) is 0.539. The first-order valence-electron chi connectivity index (χ1n) is 6.23. The highest BCUT2D eigenvalue weighted by Crippen LogP contribution is 2.08. The van der Waals surface area contributed by atoms with E-state index >= 15 is 0 Å². The van der Waals surface area contributed by atoms with Gasteiger partial charge in [-0.05, 0) is 12.8 Å². The summed E-state index contributed by atoms with van der Waals surface area (Å²) in [6, 6.07) is 0. The topological polar surface area (TPSA) is 34.1 Å². The average Bonchev–Trinajstić information content (AvgIpc) is 2.20. The van der Waals surface area contributed by atoms with Gasteiger partial charge in [-0.1, -0.05) is 38.5 Å². The number of hydrogen-bond acceptors (Lipinski definition) is 2. The zero-order valence-electron chi connectivity index (χ0n) is 10.7. The largest absolute Gasteiger partial charge is 0.260 e. The Morgan fingerprint density at radius 3 is 1.06 bits per heavy atom. The third kappa shape index (κ3) is 14.3. The second kappa shape index (κ2) is 11.8. The molecule has 2 atom stereocenters. The van der Waals surface area contributed by atoms with Gasteiger partial charge in [0.25, 0.3) is 0 Å². The van der Waals surface area contributed by atoms with Crippen LogP contribution in [-0.2, 0) is 21.6 Å². The van der Waals surface area contributed by atoms with Crippen LogP contribution >= 0.6 is 0 Å². The molecule has 0 aromatic heterocycles. The summed E-state index contributed by atoms with van der Waals surface area (Å²) < 4.78 is 21.6. The van der Waals surface area contributed by atoms with E-state index in [2.05, 4.69) is 0 Å². The van der Waals surface area contributed by atoms with Gasteiger partial charge in [0.2, 0.25) is 0 Å². The fourth-order valence-electron chi connectivity index (χ4n) is 1.67. The summed E-state index contributed by atoms with van der Waals surface area (Å²) in [6.07, 6.45) is 13.4. The molecular weight excluding hydrogens is 240 g/mol. The van der Waals surface area contributed by atoms with Crippen molar-refractivity contribution in [1.82, 2.24) is 0 Å². The van der Waals surface area contributed by atoms with Gasteiger partial charge in [-0.15, -0.1) is 0 Å². The van der Waals surface area contributed by atoms with E-state index in [0.29, 0.717) is 0 Å². The number of rotatable bonds is 11. The van der Waals surface area contributed by atoms with E-state index in [9.17, 15) is 8.42 Å². The zero-order valence-corrected chi connectivity index (χ0v) is 12.3. The third-order valence-corrected chi connectivity index (χ3v) is 4.34. The minimum Gasteiger partial charge on any atom is -0.260 e. The predicted octanol–water partition coefficient (Wildman–Crippen LogP) is 2.86. The molecule has 2 unspecified atom stereocenters. The first-order chi connectivity index (χ1) is 7.63. The monoisotopic (exact) mass is 266 g/mol. The lowest BCUT2D eigenvalue weighted by Crippen LogP contribution is -1.94. The lowest BCUT2D eigenvalue weighted by molar-refractivity contribution is 0.584. The van der Waals surface area contributed by atoms with Gasteiger partial charge >= 0.3 is 0 Å². The zero-order chi connectivity index (χ0) is 12.2. The fourth-order valence-corrected chi connectivity index (χ4v) is 2.89. The van der Waals surface area contributed by atoms with Crippen molar-refractivity contribution >= 4 is 21.6 Å². The van der Waals surface area contributed by atoms with Crippen LogP contribution in [0.2, 0.25) is 0 Å². The summed E-state index contributed by atoms with van der Waals surface area (Å²) in [4.78, 5) is 0. The minimum absolute atomic E-state index is 0.610.